The van der Waals surface area contributed by atoms with Crippen molar-refractivity contribution in [2.75, 3.05) is 62.3 Å². The Bertz CT molecular complexity index is 1160. The van der Waals surface area contributed by atoms with Gasteiger partial charge >= 0.3 is 6.03 Å². The van der Waals surface area contributed by atoms with Crippen LogP contribution >= 0.6 is 0 Å². The first-order chi connectivity index (χ1) is 17.1. The number of amides is 2. The molecule has 4 rings (SSSR count). The molecule has 1 aliphatic rings. The number of hydrogen-bond acceptors (Lipinski definition) is 4. The van der Waals surface area contributed by atoms with Gasteiger partial charge < -0.3 is 24.9 Å². The van der Waals surface area contributed by atoms with Crippen LogP contribution in [0, 0.1) is 0 Å². The van der Waals surface area contributed by atoms with Crippen LogP contribution in [0.1, 0.15) is 37.0 Å². The molecule has 3 aromatic rings. The number of fused-ring (bicyclic) bond motifs is 1. The van der Waals surface area contributed by atoms with Gasteiger partial charge in [0.05, 0.1) is 5.69 Å². The minimum Gasteiger partial charge on any atom is -0.378 e. The Labute approximate surface area is 216 Å². The second-order valence-corrected chi connectivity index (χ2v) is 10.3. The van der Waals surface area contributed by atoms with Crippen molar-refractivity contribution < 1.29 is 4.79 Å². The van der Waals surface area contributed by atoms with Gasteiger partial charge in [0.2, 0.25) is 0 Å². The minimum absolute atomic E-state index is 0.00808. The molecule has 0 radical (unpaired) electrons. The third kappa shape index (κ3) is 4.15. The van der Waals surface area contributed by atoms with Gasteiger partial charge in [-0.2, -0.15) is 0 Å². The van der Waals surface area contributed by atoms with Crippen LogP contribution in [-0.4, -0.2) is 59.3 Å². The van der Waals surface area contributed by atoms with Crippen LogP contribution in [0.4, 0.5) is 27.5 Å². The maximum Gasteiger partial charge on any atom is 0.323 e. The Hall–Kier alpha value is -3.67. The summed E-state index contributed by atoms with van der Waals surface area (Å²) < 4.78 is 0. The maximum atomic E-state index is 13.9. The number of urea groups is 1. The molecular weight excluding hydrogens is 446 g/mol. The van der Waals surface area contributed by atoms with E-state index in [1.807, 2.05) is 47.2 Å². The summed E-state index contributed by atoms with van der Waals surface area (Å²) in [5.41, 5.74) is 6.56. The SMILES string of the molecule is CCC(C)N1C(=O)Nc2cc(N(C)C)ccc2C1(c1ccc(N(C)C)cc1)c1ccc(N(C)C)cc1. The van der Waals surface area contributed by atoms with E-state index in [9.17, 15) is 4.79 Å². The molecule has 0 aliphatic carbocycles. The Morgan fingerprint density at radius 1 is 0.750 bits per heavy atom. The third-order valence-corrected chi connectivity index (χ3v) is 7.37. The highest BCUT2D eigenvalue weighted by atomic mass is 16.2. The van der Waals surface area contributed by atoms with Gasteiger partial charge in [-0.3, -0.25) is 0 Å². The van der Waals surface area contributed by atoms with Gasteiger partial charge in [-0.1, -0.05) is 37.3 Å². The molecule has 0 saturated carbocycles. The maximum absolute atomic E-state index is 13.9. The van der Waals surface area contributed by atoms with Crippen molar-refractivity contribution in [3.63, 3.8) is 0 Å². The van der Waals surface area contributed by atoms with Crippen LogP contribution in [0.5, 0.6) is 0 Å². The van der Waals surface area contributed by atoms with Gasteiger partial charge in [-0.25, -0.2) is 4.79 Å². The lowest BCUT2D eigenvalue weighted by molar-refractivity contribution is 0.132. The lowest BCUT2D eigenvalue weighted by Crippen LogP contribution is -2.59. The van der Waals surface area contributed by atoms with Crippen molar-refractivity contribution in [2.45, 2.75) is 31.8 Å². The van der Waals surface area contributed by atoms with Crippen LogP contribution in [0.25, 0.3) is 0 Å². The summed E-state index contributed by atoms with van der Waals surface area (Å²) in [4.78, 5) is 22.2. The van der Waals surface area contributed by atoms with Gasteiger partial charge in [0.25, 0.3) is 0 Å². The zero-order chi connectivity index (χ0) is 26.2. The van der Waals surface area contributed by atoms with Crippen LogP contribution in [0.3, 0.4) is 0 Å². The highest BCUT2D eigenvalue weighted by Gasteiger charge is 2.50. The summed E-state index contributed by atoms with van der Waals surface area (Å²) in [6.45, 7) is 4.27. The number of rotatable bonds is 7. The van der Waals surface area contributed by atoms with E-state index in [0.29, 0.717) is 0 Å². The van der Waals surface area contributed by atoms with Crippen LogP contribution in [0.2, 0.25) is 0 Å². The van der Waals surface area contributed by atoms with Crippen molar-refractivity contribution in [1.82, 2.24) is 4.90 Å². The summed E-state index contributed by atoms with van der Waals surface area (Å²) in [5.74, 6) is 0. The molecule has 1 N–H and O–H groups in total. The molecule has 0 aromatic heterocycles. The number of anilines is 4. The van der Waals surface area contributed by atoms with Gasteiger partial charge in [0.1, 0.15) is 5.54 Å². The molecule has 0 spiro atoms. The lowest BCUT2D eigenvalue weighted by Gasteiger charge is -2.51. The minimum atomic E-state index is -0.784. The van der Waals surface area contributed by atoms with E-state index >= 15 is 0 Å². The largest absolute Gasteiger partial charge is 0.378 e. The predicted octanol–water partition coefficient (Wildman–Crippen LogP) is 5.82. The van der Waals surface area contributed by atoms with Crippen LogP contribution < -0.4 is 20.0 Å². The Kier molecular flexibility index (Phi) is 6.90. The molecule has 6 nitrogen and oxygen atoms in total. The van der Waals surface area contributed by atoms with E-state index in [1.165, 1.54) is 0 Å². The van der Waals surface area contributed by atoms with E-state index in [4.69, 9.17) is 0 Å². The molecule has 190 valence electrons. The molecule has 0 saturated heterocycles. The second-order valence-electron chi connectivity index (χ2n) is 10.3. The van der Waals surface area contributed by atoms with Crippen molar-refractivity contribution in [1.29, 1.82) is 0 Å². The fraction of sp³-hybridized carbons (Fsp3) is 0.367. The first kappa shape index (κ1) is 25.4. The summed E-state index contributed by atoms with van der Waals surface area (Å²) in [6.07, 6.45) is 0.839. The first-order valence-electron chi connectivity index (χ1n) is 12.6. The molecule has 1 heterocycles. The fourth-order valence-electron chi connectivity index (χ4n) is 5.16. The van der Waals surface area contributed by atoms with Crippen molar-refractivity contribution >= 4 is 28.8 Å². The zero-order valence-corrected chi connectivity index (χ0v) is 22.8. The highest BCUT2D eigenvalue weighted by Crippen LogP contribution is 2.50. The number of hydrogen-bond donors (Lipinski definition) is 1. The van der Waals surface area contributed by atoms with E-state index < -0.39 is 5.54 Å². The van der Waals surface area contributed by atoms with Crippen LogP contribution in [0.15, 0.2) is 66.7 Å². The van der Waals surface area contributed by atoms with E-state index in [-0.39, 0.29) is 12.1 Å². The average Bonchev–Trinajstić information content (AvgIpc) is 2.87. The Morgan fingerprint density at radius 2 is 1.19 bits per heavy atom. The summed E-state index contributed by atoms with van der Waals surface area (Å²) in [5, 5.41) is 3.22. The summed E-state index contributed by atoms with van der Waals surface area (Å²) in [7, 11) is 12.2. The predicted molar refractivity (Wildman–Crippen MR) is 153 cm³/mol. The normalized spacial score (nSPS) is 15.1. The molecular formula is C30H39N5O. The number of nitrogens with one attached hydrogen (secondary N) is 1. The average molecular weight is 486 g/mol. The Morgan fingerprint density at radius 3 is 1.61 bits per heavy atom. The highest BCUT2D eigenvalue weighted by molar-refractivity contribution is 5.96. The van der Waals surface area contributed by atoms with E-state index in [2.05, 4.69) is 101 Å². The van der Waals surface area contributed by atoms with Crippen molar-refractivity contribution in [3.8, 4) is 0 Å². The quantitative estimate of drug-likeness (QED) is 0.458. The molecule has 0 fully saturated rings. The summed E-state index contributed by atoms with van der Waals surface area (Å²) in [6, 6.07) is 23.6. The number of benzene rings is 3. The fourth-order valence-corrected chi connectivity index (χ4v) is 5.16. The van der Waals surface area contributed by atoms with Gasteiger partial charge in [-0.15, -0.1) is 0 Å². The molecule has 0 bridgehead atoms. The molecule has 6 heteroatoms. The number of carbonyl (C=O) groups is 1. The standard InChI is InChI=1S/C30H39N5O/c1-9-21(2)35-29(36)31-28-20-26(34(7)8)18-19-27(28)30(35,22-10-14-24(15-11-22)32(3)4)23-12-16-25(17-13-23)33(5)6/h10-21H,9H2,1-8H3,(H,31,36). The summed E-state index contributed by atoms with van der Waals surface area (Å²) >= 11 is 0. The first-order valence-corrected chi connectivity index (χ1v) is 12.6. The number of carbonyl (C=O) groups excluding carboxylic acids is 1. The van der Waals surface area contributed by atoms with Gasteiger partial charge in [0.15, 0.2) is 0 Å². The monoisotopic (exact) mass is 485 g/mol. The molecule has 1 atom stereocenters. The van der Waals surface area contributed by atoms with E-state index in [1.54, 1.807) is 0 Å². The molecule has 3 aromatic carbocycles. The van der Waals surface area contributed by atoms with Gasteiger partial charge in [0, 0.05) is 71.0 Å². The lowest BCUT2D eigenvalue weighted by atomic mass is 9.73. The zero-order valence-electron chi connectivity index (χ0n) is 22.8. The molecule has 36 heavy (non-hydrogen) atoms. The second kappa shape index (κ2) is 9.76. The van der Waals surface area contributed by atoms with Crippen LogP contribution in [-0.2, 0) is 5.54 Å². The molecule has 1 aliphatic heterocycles. The van der Waals surface area contributed by atoms with Crippen molar-refractivity contribution in [2.24, 2.45) is 0 Å². The van der Waals surface area contributed by atoms with Crippen molar-refractivity contribution in [3.05, 3.63) is 83.4 Å². The molecule has 1 unspecified atom stereocenters. The van der Waals surface area contributed by atoms with E-state index in [0.717, 1.165) is 45.9 Å². The van der Waals surface area contributed by atoms with Gasteiger partial charge in [-0.05, 0) is 60.9 Å². The third-order valence-electron chi connectivity index (χ3n) is 7.37. The molecule has 2 amide bonds. The Balaban J connectivity index is 2.10. The topological polar surface area (TPSA) is 42.1 Å². The number of nitrogens with zero attached hydrogens (tertiary/aromatic N) is 4. The smallest absolute Gasteiger partial charge is 0.323 e.